The van der Waals surface area contributed by atoms with Crippen LogP contribution in [-0.4, -0.2) is 76.7 Å². The molecule has 0 saturated carbocycles. The number of hydrogen-bond donors (Lipinski definition) is 1. The molecule has 8 nitrogen and oxygen atoms in total. The van der Waals surface area contributed by atoms with Crippen LogP contribution >= 0.6 is 0 Å². The number of carbonyl (C=O) groups excluding carboxylic acids is 3. The van der Waals surface area contributed by atoms with Gasteiger partial charge in [0.15, 0.2) is 0 Å². The van der Waals surface area contributed by atoms with E-state index < -0.39 is 17.5 Å². The van der Waals surface area contributed by atoms with Gasteiger partial charge in [-0.15, -0.1) is 0 Å². The standard InChI is InChI=1S/C27H37N5O3/c1-17(2)13-23(30(5)24(33)22-11-8-12-31(22)18(3)4)25(34)32-16-27(14-19(32)15-28)20-9-6-7-10-21(20)29-26(27)35/h6-7,9-10,17-19,22-23H,8,11-14,16H2,1-5H3,(H,29,35)/t19-,22-,23-,27-/m0/s1. The number of likely N-dealkylation sites (N-methyl/N-ethyl adjacent to an activating group) is 1. The molecule has 1 spiro atoms. The fraction of sp³-hybridized carbons (Fsp3) is 0.630. The van der Waals surface area contributed by atoms with Crippen LogP contribution in [0.4, 0.5) is 5.69 Å². The normalized spacial score (nSPS) is 26.8. The zero-order valence-corrected chi connectivity index (χ0v) is 21.5. The number of hydrogen-bond acceptors (Lipinski definition) is 5. The van der Waals surface area contributed by atoms with E-state index in [1.807, 2.05) is 38.1 Å². The van der Waals surface area contributed by atoms with Crippen LogP contribution in [-0.2, 0) is 19.8 Å². The van der Waals surface area contributed by atoms with Crippen molar-refractivity contribution in [3.63, 3.8) is 0 Å². The second kappa shape index (κ2) is 9.62. The van der Waals surface area contributed by atoms with Crippen LogP contribution in [0.15, 0.2) is 24.3 Å². The summed E-state index contributed by atoms with van der Waals surface area (Å²) in [7, 11) is 1.72. The maximum atomic E-state index is 14.0. The van der Waals surface area contributed by atoms with E-state index >= 15 is 0 Å². The van der Waals surface area contributed by atoms with E-state index in [0.29, 0.717) is 6.42 Å². The number of fused-ring (bicyclic) bond motifs is 2. The van der Waals surface area contributed by atoms with Gasteiger partial charge in [-0.2, -0.15) is 5.26 Å². The summed E-state index contributed by atoms with van der Waals surface area (Å²) in [6, 6.07) is 8.37. The van der Waals surface area contributed by atoms with Crippen molar-refractivity contribution in [1.82, 2.24) is 14.7 Å². The van der Waals surface area contributed by atoms with Gasteiger partial charge in [0.05, 0.1) is 17.5 Å². The third kappa shape index (κ3) is 4.31. The fourth-order valence-electron chi connectivity index (χ4n) is 6.11. The molecule has 1 aromatic rings. The summed E-state index contributed by atoms with van der Waals surface area (Å²) >= 11 is 0. The predicted octanol–water partition coefficient (Wildman–Crippen LogP) is 2.75. The quantitative estimate of drug-likeness (QED) is 0.677. The smallest absolute Gasteiger partial charge is 0.246 e. The number of anilines is 1. The van der Waals surface area contributed by atoms with E-state index in [1.165, 1.54) is 0 Å². The van der Waals surface area contributed by atoms with Crippen molar-refractivity contribution in [3.8, 4) is 6.07 Å². The molecule has 1 aromatic carbocycles. The van der Waals surface area contributed by atoms with Gasteiger partial charge in [-0.3, -0.25) is 19.3 Å². The summed E-state index contributed by atoms with van der Waals surface area (Å²) in [5.74, 6) is -0.278. The molecule has 1 N–H and O–H groups in total. The number of benzene rings is 1. The number of nitrogens with zero attached hydrogens (tertiary/aromatic N) is 4. The minimum absolute atomic E-state index is 0.0402. The summed E-state index contributed by atoms with van der Waals surface area (Å²) in [4.78, 5) is 46.1. The van der Waals surface area contributed by atoms with Crippen LogP contribution in [0.1, 0.15) is 58.9 Å². The molecule has 188 valence electrons. The summed E-state index contributed by atoms with van der Waals surface area (Å²) in [6.07, 6.45) is 2.51. The summed E-state index contributed by atoms with van der Waals surface area (Å²) in [5.41, 5.74) is 0.644. The van der Waals surface area contributed by atoms with Crippen LogP contribution in [0.3, 0.4) is 0 Å². The van der Waals surface area contributed by atoms with Crippen molar-refractivity contribution in [2.24, 2.45) is 5.92 Å². The highest BCUT2D eigenvalue weighted by molar-refractivity contribution is 6.07. The highest BCUT2D eigenvalue weighted by Gasteiger charge is 2.56. The van der Waals surface area contributed by atoms with Gasteiger partial charge in [0.1, 0.15) is 12.1 Å². The topological polar surface area (TPSA) is 96.7 Å². The highest BCUT2D eigenvalue weighted by atomic mass is 16.2. The van der Waals surface area contributed by atoms with Gasteiger partial charge in [-0.05, 0) is 57.2 Å². The van der Waals surface area contributed by atoms with Crippen molar-refractivity contribution in [2.75, 3.05) is 25.5 Å². The molecule has 3 amide bonds. The van der Waals surface area contributed by atoms with E-state index in [0.717, 1.165) is 30.6 Å². The lowest BCUT2D eigenvalue weighted by molar-refractivity contribution is -0.148. The predicted molar refractivity (Wildman–Crippen MR) is 133 cm³/mol. The Hall–Kier alpha value is -2.92. The molecule has 8 heteroatoms. The summed E-state index contributed by atoms with van der Waals surface area (Å²) in [5, 5.41) is 12.9. The van der Waals surface area contributed by atoms with E-state index in [-0.39, 0.29) is 48.7 Å². The average molecular weight is 480 g/mol. The van der Waals surface area contributed by atoms with E-state index in [4.69, 9.17) is 0 Å². The average Bonchev–Trinajstić information content (AvgIpc) is 3.53. The Morgan fingerprint density at radius 1 is 1.26 bits per heavy atom. The third-order valence-electron chi connectivity index (χ3n) is 7.95. The number of nitrogens with one attached hydrogen (secondary N) is 1. The number of amides is 3. The molecule has 3 heterocycles. The maximum Gasteiger partial charge on any atom is 0.246 e. The van der Waals surface area contributed by atoms with E-state index in [2.05, 4.69) is 30.1 Å². The molecule has 0 radical (unpaired) electrons. The second-order valence-electron chi connectivity index (χ2n) is 11.0. The Morgan fingerprint density at radius 2 is 1.97 bits per heavy atom. The van der Waals surface area contributed by atoms with Crippen molar-refractivity contribution >= 4 is 23.4 Å². The lowest BCUT2D eigenvalue weighted by Crippen LogP contribution is -2.55. The Balaban J connectivity index is 1.62. The van der Waals surface area contributed by atoms with Crippen molar-refractivity contribution < 1.29 is 14.4 Å². The number of nitriles is 1. The number of para-hydroxylation sites is 1. The Bertz CT molecular complexity index is 1050. The van der Waals surface area contributed by atoms with Crippen molar-refractivity contribution in [3.05, 3.63) is 29.8 Å². The first-order valence-electron chi connectivity index (χ1n) is 12.7. The van der Waals surface area contributed by atoms with Gasteiger partial charge in [-0.25, -0.2) is 0 Å². The molecule has 2 fully saturated rings. The molecular weight excluding hydrogens is 442 g/mol. The zero-order valence-electron chi connectivity index (χ0n) is 21.5. The largest absolute Gasteiger partial charge is 0.332 e. The molecule has 35 heavy (non-hydrogen) atoms. The van der Waals surface area contributed by atoms with Crippen LogP contribution in [0.2, 0.25) is 0 Å². The molecule has 4 rings (SSSR count). The zero-order chi connectivity index (χ0) is 25.5. The number of rotatable bonds is 6. The molecular formula is C27H37N5O3. The lowest BCUT2D eigenvalue weighted by Gasteiger charge is -2.36. The van der Waals surface area contributed by atoms with Crippen LogP contribution in [0.5, 0.6) is 0 Å². The molecule has 3 aliphatic heterocycles. The van der Waals surface area contributed by atoms with Crippen molar-refractivity contribution in [1.29, 1.82) is 5.26 Å². The van der Waals surface area contributed by atoms with Crippen LogP contribution in [0, 0.1) is 17.2 Å². The minimum Gasteiger partial charge on any atom is -0.332 e. The Labute approximate surface area is 208 Å². The molecule has 2 saturated heterocycles. The molecule has 0 unspecified atom stereocenters. The Morgan fingerprint density at radius 3 is 2.63 bits per heavy atom. The number of likely N-dealkylation sites (tertiary alicyclic amines) is 2. The third-order valence-corrected chi connectivity index (χ3v) is 7.95. The van der Waals surface area contributed by atoms with Gasteiger partial charge in [0.25, 0.3) is 0 Å². The minimum atomic E-state index is -0.933. The van der Waals surface area contributed by atoms with E-state index in [1.54, 1.807) is 16.8 Å². The summed E-state index contributed by atoms with van der Waals surface area (Å²) < 4.78 is 0. The van der Waals surface area contributed by atoms with Gasteiger partial charge in [-0.1, -0.05) is 32.0 Å². The Kier molecular flexibility index (Phi) is 6.92. The first-order chi connectivity index (χ1) is 16.6. The summed E-state index contributed by atoms with van der Waals surface area (Å²) in [6.45, 7) is 9.27. The van der Waals surface area contributed by atoms with Crippen LogP contribution in [0.25, 0.3) is 0 Å². The molecule has 0 bridgehead atoms. The molecule has 4 atom stereocenters. The van der Waals surface area contributed by atoms with Crippen molar-refractivity contribution in [2.45, 2.75) is 83.0 Å². The fourth-order valence-corrected chi connectivity index (χ4v) is 6.11. The molecule has 0 aromatic heterocycles. The maximum absolute atomic E-state index is 14.0. The molecule has 0 aliphatic carbocycles. The van der Waals surface area contributed by atoms with Crippen LogP contribution < -0.4 is 5.32 Å². The van der Waals surface area contributed by atoms with E-state index in [9.17, 15) is 19.6 Å². The molecule has 3 aliphatic rings. The first kappa shape index (κ1) is 25.2. The lowest BCUT2D eigenvalue weighted by atomic mass is 9.80. The second-order valence-corrected chi connectivity index (χ2v) is 11.0. The highest BCUT2D eigenvalue weighted by Crippen LogP contribution is 2.46. The van der Waals surface area contributed by atoms with Gasteiger partial charge in [0, 0.05) is 31.7 Å². The van der Waals surface area contributed by atoms with Gasteiger partial charge >= 0.3 is 0 Å². The SMILES string of the molecule is CC(C)C[C@@H](C(=O)N1C[C@]2(C[C@H]1C#N)C(=O)Nc1ccccc12)N(C)C(=O)[C@@H]1CCCN1C(C)C. The number of carbonyl (C=O) groups is 3. The van der Waals surface area contributed by atoms with Gasteiger partial charge in [0.2, 0.25) is 17.7 Å². The van der Waals surface area contributed by atoms with Gasteiger partial charge < -0.3 is 15.1 Å². The monoisotopic (exact) mass is 479 g/mol. The first-order valence-corrected chi connectivity index (χ1v) is 12.7.